The van der Waals surface area contributed by atoms with Gasteiger partial charge in [-0.1, -0.05) is 47.5 Å². The number of ether oxygens (including phenoxy) is 1. The minimum Gasteiger partial charge on any atom is -0.489 e. The molecule has 0 aliphatic rings. The van der Waals surface area contributed by atoms with Crippen LogP contribution in [0.4, 0.5) is 0 Å². The molecule has 0 amide bonds. The summed E-state index contributed by atoms with van der Waals surface area (Å²) in [7, 11) is -3.67. The molecule has 0 aliphatic heterocycles. The lowest BCUT2D eigenvalue weighted by atomic mass is 10.2. The van der Waals surface area contributed by atoms with E-state index >= 15 is 0 Å². The van der Waals surface area contributed by atoms with Gasteiger partial charge in [0.05, 0.1) is 11.1 Å². The summed E-state index contributed by atoms with van der Waals surface area (Å²) in [6.07, 6.45) is 1.45. The fourth-order valence-corrected chi connectivity index (χ4v) is 3.23. The summed E-state index contributed by atoms with van der Waals surface area (Å²) < 4.78 is 30.1. The predicted molar refractivity (Wildman–Crippen MR) is 111 cm³/mol. The van der Waals surface area contributed by atoms with Gasteiger partial charge in [-0.05, 0) is 61.4 Å². The first kappa shape index (κ1) is 19.6. The van der Waals surface area contributed by atoms with Crippen LogP contribution in [-0.4, -0.2) is 14.6 Å². The first-order valence-electron chi connectivity index (χ1n) is 8.82. The van der Waals surface area contributed by atoms with Crippen molar-refractivity contribution >= 4 is 16.2 Å². The summed E-state index contributed by atoms with van der Waals surface area (Å²) in [5.41, 5.74) is 4.06. The van der Waals surface area contributed by atoms with Crippen LogP contribution in [0.3, 0.4) is 0 Å². The second kappa shape index (κ2) is 8.71. The highest BCUT2D eigenvalue weighted by Crippen LogP contribution is 2.14. The number of benzene rings is 3. The number of hydrogen-bond donors (Lipinski definition) is 1. The van der Waals surface area contributed by atoms with Crippen molar-refractivity contribution < 1.29 is 13.2 Å². The van der Waals surface area contributed by atoms with E-state index in [-0.39, 0.29) is 4.90 Å². The molecule has 6 heteroatoms. The Hall–Kier alpha value is -3.12. The van der Waals surface area contributed by atoms with E-state index in [1.807, 2.05) is 50.2 Å². The monoisotopic (exact) mass is 394 g/mol. The van der Waals surface area contributed by atoms with Gasteiger partial charge in [-0.25, -0.2) is 4.83 Å². The second-order valence-electron chi connectivity index (χ2n) is 6.51. The third-order valence-corrected chi connectivity index (χ3v) is 5.36. The van der Waals surface area contributed by atoms with Crippen LogP contribution in [0.25, 0.3) is 0 Å². The Kier molecular flexibility index (Phi) is 6.11. The first-order chi connectivity index (χ1) is 13.4. The first-order valence-corrected chi connectivity index (χ1v) is 10.3. The zero-order valence-corrected chi connectivity index (χ0v) is 16.6. The van der Waals surface area contributed by atoms with E-state index in [2.05, 4.69) is 22.1 Å². The van der Waals surface area contributed by atoms with Gasteiger partial charge in [-0.2, -0.15) is 13.5 Å². The van der Waals surface area contributed by atoms with Crippen molar-refractivity contribution in [1.29, 1.82) is 0 Å². The number of hydrogen-bond acceptors (Lipinski definition) is 4. The molecular weight excluding hydrogens is 372 g/mol. The third-order valence-electron chi connectivity index (χ3n) is 4.12. The Morgan fingerprint density at radius 3 is 2.04 bits per heavy atom. The van der Waals surface area contributed by atoms with Crippen LogP contribution in [0.15, 0.2) is 82.8 Å². The lowest BCUT2D eigenvalue weighted by Gasteiger charge is -2.07. The molecule has 0 spiro atoms. The van der Waals surface area contributed by atoms with Gasteiger partial charge in [0.1, 0.15) is 12.4 Å². The number of sulfonamides is 1. The summed E-state index contributed by atoms with van der Waals surface area (Å²) >= 11 is 0. The van der Waals surface area contributed by atoms with Gasteiger partial charge in [-0.15, -0.1) is 0 Å². The Bertz CT molecular complexity index is 1040. The van der Waals surface area contributed by atoms with Crippen LogP contribution in [0, 0.1) is 13.8 Å². The molecule has 5 nitrogen and oxygen atoms in total. The molecule has 1 N–H and O–H groups in total. The van der Waals surface area contributed by atoms with Crippen LogP contribution in [0.2, 0.25) is 0 Å². The van der Waals surface area contributed by atoms with E-state index in [0.717, 1.165) is 22.4 Å². The number of aryl methyl sites for hydroxylation is 2. The van der Waals surface area contributed by atoms with E-state index in [4.69, 9.17) is 4.74 Å². The standard InChI is InChI=1S/C22H22N2O3S/c1-17-3-7-20(8-4-17)16-27-21-11-9-19(10-12-21)15-23-24-28(25,26)22-13-5-18(2)6-14-22/h3-15,24H,16H2,1-2H3/b23-15+. The SMILES string of the molecule is Cc1ccc(COc2ccc(/C=N/NS(=O)(=O)c3ccc(C)cc3)cc2)cc1. The molecule has 28 heavy (non-hydrogen) atoms. The minimum atomic E-state index is -3.67. The lowest BCUT2D eigenvalue weighted by Crippen LogP contribution is -2.18. The molecule has 144 valence electrons. The van der Waals surface area contributed by atoms with Crippen molar-refractivity contribution in [1.82, 2.24) is 4.83 Å². The van der Waals surface area contributed by atoms with Crippen LogP contribution in [0.1, 0.15) is 22.3 Å². The fourth-order valence-electron chi connectivity index (χ4n) is 2.44. The summed E-state index contributed by atoms with van der Waals surface area (Å²) in [5, 5.41) is 3.84. The fraction of sp³-hybridized carbons (Fsp3) is 0.136. The Labute approximate surface area is 165 Å². The highest BCUT2D eigenvalue weighted by molar-refractivity contribution is 7.89. The average molecular weight is 394 g/mol. The highest BCUT2D eigenvalue weighted by atomic mass is 32.2. The Morgan fingerprint density at radius 1 is 0.857 bits per heavy atom. The van der Waals surface area contributed by atoms with Gasteiger partial charge in [0.25, 0.3) is 10.0 Å². The van der Waals surface area contributed by atoms with Gasteiger partial charge in [0, 0.05) is 0 Å². The Balaban J connectivity index is 1.56. The second-order valence-corrected chi connectivity index (χ2v) is 8.17. The van der Waals surface area contributed by atoms with E-state index in [1.54, 1.807) is 24.3 Å². The van der Waals surface area contributed by atoms with Gasteiger partial charge >= 0.3 is 0 Å². The molecule has 0 radical (unpaired) electrons. The average Bonchev–Trinajstić information content (AvgIpc) is 2.69. The molecule has 3 rings (SSSR count). The smallest absolute Gasteiger partial charge is 0.276 e. The largest absolute Gasteiger partial charge is 0.489 e. The predicted octanol–water partition coefficient (Wildman–Crippen LogP) is 4.19. The molecule has 3 aromatic carbocycles. The van der Waals surface area contributed by atoms with Crippen molar-refractivity contribution in [2.75, 3.05) is 0 Å². The molecule has 0 unspecified atom stereocenters. The minimum absolute atomic E-state index is 0.176. The molecule has 0 heterocycles. The van der Waals surface area contributed by atoms with Crippen molar-refractivity contribution in [3.8, 4) is 5.75 Å². The highest BCUT2D eigenvalue weighted by Gasteiger charge is 2.11. The molecule has 0 fully saturated rings. The lowest BCUT2D eigenvalue weighted by molar-refractivity contribution is 0.306. The number of nitrogens with one attached hydrogen (secondary N) is 1. The van der Waals surface area contributed by atoms with E-state index < -0.39 is 10.0 Å². The van der Waals surface area contributed by atoms with Crippen LogP contribution >= 0.6 is 0 Å². The maximum absolute atomic E-state index is 12.2. The van der Waals surface area contributed by atoms with Gasteiger partial charge in [0.2, 0.25) is 0 Å². The van der Waals surface area contributed by atoms with Gasteiger partial charge in [0.15, 0.2) is 0 Å². The third kappa shape index (κ3) is 5.44. The molecule has 0 aliphatic carbocycles. The molecule has 3 aromatic rings. The molecule has 0 aromatic heterocycles. The normalized spacial score (nSPS) is 11.5. The van der Waals surface area contributed by atoms with Crippen molar-refractivity contribution in [3.05, 3.63) is 95.1 Å². The molecule has 0 saturated heterocycles. The summed E-state index contributed by atoms with van der Waals surface area (Å²) in [6, 6.07) is 22.0. The van der Waals surface area contributed by atoms with Crippen molar-refractivity contribution in [2.45, 2.75) is 25.3 Å². The number of hydrazone groups is 1. The van der Waals surface area contributed by atoms with Gasteiger partial charge < -0.3 is 4.74 Å². The molecule has 0 bridgehead atoms. The maximum atomic E-state index is 12.2. The Morgan fingerprint density at radius 2 is 1.43 bits per heavy atom. The zero-order chi connectivity index (χ0) is 20.0. The quantitative estimate of drug-likeness (QED) is 0.482. The van der Waals surface area contributed by atoms with Gasteiger partial charge in [-0.3, -0.25) is 0 Å². The molecule has 0 saturated carbocycles. The van der Waals surface area contributed by atoms with Crippen LogP contribution in [-0.2, 0) is 16.6 Å². The van der Waals surface area contributed by atoms with Crippen LogP contribution < -0.4 is 9.57 Å². The summed E-state index contributed by atoms with van der Waals surface area (Å²) in [6.45, 7) is 4.44. The summed E-state index contributed by atoms with van der Waals surface area (Å²) in [4.78, 5) is 2.40. The summed E-state index contributed by atoms with van der Waals surface area (Å²) in [5.74, 6) is 0.734. The van der Waals surface area contributed by atoms with E-state index in [1.165, 1.54) is 11.8 Å². The van der Waals surface area contributed by atoms with Crippen LogP contribution in [0.5, 0.6) is 5.75 Å². The zero-order valence-electron chi connectivity index (χ0n) is 15.8. The van der Waals surface area contributed by atoms with Crippen molar-refractivity contribution in [2.24, 2.45) is 5.10 Å². The van der Waals surface area contributed by atoms with Crippen molar-refractivity contribution in [3.63, 3.8) is 0 Å². The maximum Gasteiger partial charge on any atom is 0.276 e. The van der Waals surface area contributed by atoms with E-state index in [9.17, 15) is 8.42 Å². The number of nitrogens with zero attached hydrogens (tertiary/aromatic N) is 1. The molecular formula is C22H22N2O3S. The number of rotatable bonds is 7. The van der Waals surface area contributed by atoms with E-state index in [0.29, 0.717) is 6.61 Å². The topological polar surface area (TPSA) is 67.8 Å². The molecule has 0 atom stereocenters.